The zero-order valence-electron chi connectivity index (χ0n) is 14.0. The molecule has 0 radical (unpaired) electrons. The monoisotopic (exact) mass is 301 g/mol. The van der Waals surface area contributed by atoms with Crippen LogP contribution in [-0.2, 0) is 5.41 Å². The Morgan fingerprint density at radius 2 is 1.13 bits per heavy atom. The fourth-order valence-electron chi connectivity index (χ4n) is 2.86. The molecule has 1 nitrogen and oxygen atoms in total. The van der Waals surface area contributed by atoms with Gasteiger partial charge in [-0.2, -0.15) is 0 Å². The van der Waals surface area contributed by atoms with Gasteiger partial charge < -0.3 is 5.73 Å². The third-order valence-electron chi connectivity index (χ3n) is 4.24. The molecule has 0 aliphatic carbocycles. The zero-order valence-corrected chi connectivity index (χ0v) is 14.0. The fraction of sp³-hybridized carbons (Fsp3) is 0.182. The maximum absolute atomic E-state index is 6.18. The molecular formula is C22H23N. The Labute approximate surface area is 138 Å². The highest BCUT2D eigenvalue weighted by molar-refractivity contribution is 5.88. The van der Waals surface area contributed by atoms with Crippen molar-refractivity contribution in [2.24, 2.45) is 0 Å². The molecule has 0 aliphatic heterocycles. The average molecular weight is 301 g/mol. The molecule has 1 heteroatoms. The number of benzene rings is 3. The predicted octanol–water partition coefficient (Wildman–Crippen LogP) is 5.90. The molecule has 3 aromatic rings. The normalized spacial score (nSPS) is 11.4. The van der Waals surface area contributed by atoms with Crippen LogP contribution in [0.15, 0.2) is 72.8 Å². The van der Waals surface area contributed by atoms with Crippen molar-refractivity contribution in [3.8, 4) is 22.3 Å². The molecule has 0 atom stereocenters. The van der Waals surface area contributed by atoms with Crippen molar-refractivity contribution < 1.29 is 0 Å². The zero-order chi connectivity index (χ0) is 16.4. The van der Waals surface area contributed by atoms with Gasteiger partial charge in [-0.3, -0.25) is 0 Å². The second-order valence-corrected chi connectivity index (χ2v) is 6.96. The van der Waals surface area contributed by atoms with E-state index in [0.29, 0.717) is 0 Å². The van der Waals surface area contributed by atoms with Gasteiger partial charge in [0.15, 0.2) is 0 Å². The van der Waals surface area contributed by atoms with E-state index in [9.17, 15) is 0 Å². The molecular weight excluding hydrogens is 278 g/mol. The molecule has 2 N–H and O–H groups in total. The number of anilines is 1. The van der Waals surface area contributed by atoms with Crippen LogP contribution in [0.1, 0.15) is 26.3 Å². The number of nitrogens with two attached hydrogens (primary N) is 1. The van der Waals surface area contributed by atoms with E-state index < -0.39 is 0 Å². The largest absolute Gasteiger partial charge is 0.398 e. The van der Waals surface area contributed by atoms with Crippen molar-refractivity contribution in [1.29, 1.82) is 0 Å². The van der Waals surface area contributed by atoms with Gasteiger partial charge >= 0.3 is 0 Å². The number of nitrogen functional groups attached to an aromatic ring is 1. The van der Waals surface area contributed by atoms with E-state index in [1.54, 1.807) is 0 Å². The van der Waals surface area contributed by atoms with E-state index in [-0.39, 0.29) is 5.41 Å². The third-order valence-corrected chi connectivity index (χ3v) is 4.24. The average Bonchev–Trinajstić information content (AvgIpc) is 2.55. The van der Waals surface area contributed by atoms with Gasteiger partial charge in [0.25, 0.3) is 0 Å². The van der Waals surface area contributed by atoms with E-state index in [0.717, 1.165) is 11.3 Å². The highest BCUT2D eigenvalue weighted by atomic mass is 14.6. The van der Waals surface area contributed by atoms with Gasteiger partial charge in [0.05, 0.1) is 0 Å². The molecule has 3 rings (SSSR count). The summed E-state index contributed by atoms with van der Waals surface area (Å²) in [5.41, 5.74) is 13.2. The lowest BCUT2D eigenvalue weighted by Crippen LogP contribution is -2.10. The first kappa shape index (κ1) is 15.4. The lowest BCUT2D eigenvalue weighted by atomic mass is 9.85. The standard InChI is InChI=1S/C22H23N/c1-22(2,3)17-14-12-16(13-15-17)18-8-4-5-9-19(18)20-10-6-7-11-21(20)23/h4-15H,23H2,1-3H3. The van der Waals surface area contributed by atoms with E-state index in [1.807, 2.05) is 18.2 Å². The van der Waals surface area contributed by atoms with Gasteiger partial charge in [0, 0.05) is 11.3 Å². The van der Waals surface area contributed by atoms with Crippen molar-refractivity contribution in [1.82, 2.24) is 0 Å². The second kappa shape index (κ2) is 5.92. The van der Waals surface area contributed by atoms with Gasteiger partial charge in [-0.15, -0.1) is 0 Å². The molecule has 0 aromatic heterocycles. The minimum Gasteiger partial charge on any atom is -0.398 e. The first-order chi connectivity index (χ1) is 11.0. The first-order valence-electron chi connectivity index (χ1n) is 8.01. The summed E-state index contributed by atoms with van der Waals surface area (Å²) in [5, 5.41) is 0. The lowest BCUT2D eigenvalue weighted by Gasteiger charge is -2.19. The maximum Gasteiger partial charge on any atom is 0.0393 e. The van der Waals surface area contributed by atoms with Crippen molar-refractivity contribution in [3.05, 3.63) is 78.4 Å². The smallest absolute Gasteiger partial charge is 0.0393 e. The van der Waals surface area contributed by atoms with Crippen LogP contribution in [0.3, 0.4) is 0 Å². The van der Waals surface area contributed by atoms with E-state index >= 15 is 0 Å². The Balaban J connectivity index is 2.10. The van der Waals surface area contributed by atoms with Crippen LogP contribution in [0.4, 0.5) is 5.69 Å². The molecule has 0 amide bonds. The maximum atomic E-state index is 6.18. The Morgan fingerprint density at radius 1 is 0.609 bits per heavy atom. The van der Waals surface area contributed by atoms with Crippen LogP contribution < -0.4 is 5.73 Å². The molecule has 116 valence electrons. The van der Waals surface area contributed by atoms with Crippen LogP contribution in [0.5, 0.6) is 0 Å². The number of hydrogen-bond donors (Lipinski definition) is 1. The second-order valence-electron chi connectivity index (χ2n) is 6.96. The van der Waals surface area contributed by atoms with E-state index in [1.165, 1.54) is 22.3 Å². The summed E-state index contributed by atoms with van der Waals surface area (Å²) in [5.74, 6) is 0. The number of rotatable bonds is 2. The van der Waals surface area contributed by atoms with Gasteiger partial charge in [-0.1, -0.05) is 87.5 Å². The fourth-order valence-corrected chi connectivity index (χ4v) is 2.86. The quantitative estimate of drug-likeness (QED) is 0.586. The van der Waals surface area contributed by atoms with E-state index in [4.69, 9.17) is 5.73 Å². The van der Waals surface area contributed by atoms with Crippen LogP contribution in [-0.4, -0.2) is 0 Å². The first-order valence-corrected chi connectivity index (χ1v) is 8.01. The van der Waals surface area contributed by atoms with Crippen LogP contribution in [0.2, 0.25) is 0 Å². The molecule has 0 fully saturated rings. The Hall–Kier alpha value is -2.54. The molecule has 3 aromatic carbocycles. The molecule has 0 aliphatic rings. The van der Waals surface area contributed by atoms with E-state index in [2.05, 4.69) is 75.4 Å². The van der Waals surface area contributed by atoms with Crippen molar-refractivity contribution in [2.45, 2.75) is 26.2 Å². The number of para-hydroxylation sites is 1. The van der Waals surface area contributed by atoms with Gasteiger partial charge in [0.2, 0.25) is 0 Å². The van der Waals surface area contributed by atoms with Crippen LogP contribution in [0, 0.1) is 0 Å². The van der Waals surface area contributed by atoms with Gasteiger partial charge in [0.1, 0.15) is 0 Å². The number of hydrogen-bond acceptors (Lipinski definition) is 1. The van der Waals surface area contributed by atoms with Crippen LogP contribution in [0.25, 0.3) is 22.3 Å². The van der Waals surface area contributed by atoms with Crippen LogP contribution >= 0.6 is 0 Å². The summed E-state index contributed by atoms with van der Waals surface area (Å²) in [6.45, 7) is 6.71. The van der Waals surface area contributed by atoms with Crippen molar-refractivity contribution in [2.75, 3.05) is 5.73 Å². The molecule has 0 spiro atoms. The third kappa shape index (κ3) is 3.14. The summed E-state index contributed by atoms with van der Waals surface area (Å²) < 4.78 is 0. The molecule has 0 bridgehead atoms. The highest BCUT2D eigenvalue weighted by Gasteiger charge is 2.14. The minimum atomic E-state index is 0.169. The molecule has 0 saturated carbocycles. The topological polar surface area (TPSA) is 26.0 Å². The van der Waals surface area contributed by atoms with Gasteiger partial charge in [-0.25, -0.2) is 0 Å². The summed E-state index contributed by atoms with van der Waals surface area (Å²) in [4.78, 5) is 0. The summed E-state index contributed by atoms with van der Waals surface area (Å²) >= 11 is 0. The molecule has 0 heterocycles. The summed E-state index contributed by atoms with van der Waals surface area (Å²) in [6.07, 6.45) is 0. The minimum absolute atomic E-state index is 0.169. The van der Waals surface area contributed by atoms with Gasteiger partial charge in [-0.05, 0) is 33.7 Å². The molecule has 0 saturated heterocycles. The Kier molecular flexibility index (Phi) is 3.96. The summed E-state index contributed by atoms with van der Waals surface area (Å²) in [6, 6.07) is 25.3. The lowest BCUT2D eigenvalue weighted by molar-refractivity contribution is 0.590. The van der Waals surface area contributed by atoms with Crippen molar-refractivity contribution >= 4 is 5.69 Å². The predicted molar refractivity (Wildman–Crippen MR) is 100 cm³/mol. The molecule has 0 unspecified atom stereocenters. The Morgan fingerprint density at radius 3 is 1.70 bits per heavy atom. The summed E-state index contributed by atoms with van der Waals surface area (Å²) in [7, 11) is 0. The SMILES string of the molecule is CC(C)(C)c1ccc(-c2ccccc2-c2ccccc2N)cc1. The Bertz CT molecular complexity index is 808. The molecule has 23 heavy (non-hydrogen) atoms. The highest BCUT2D eigenvalue weighted by Crippen LogP contribution is 2.35. The van der Waals surface area contributed by atoms with Crippen molar-refractivity contribution in [3.63, 3.8) is 0 Å².